The Balaban J connectivity index is 1.86. The van der Waals surface area contributed by atoms with Crippen LogP contribution in [-0.2, 0) is 10.0 Å². The van der Waals surface area contributed by atoms with E-state index in [4.69, 9.17) is 4.74 Å². The van der Waals surface area contributed by atoms with Crippen LogP contribution in [0.3, 0.4) is 0 Å². The second-order valence-corrected chi connectivity index (χ2v) is 6.43. The van der Waals surface area contributed by atoms with Crippen LogP contribution in [0.15, 0.2) is 48.5 Å². The smallest absolute Gasteiger partial charge is 0.236 e. The van der Waals surface area contributed by atoms with Crippen molar-refractivity contribution in [1.82, 2.24) is 0 Å². The molecule has 0 aliphatic heterocycles. The number of anilines is 1. The summed E-state index contributed by atoms with van der Waals surface area (Å²) in [6.07, 6.45) is 0. The topological polar surface area (TPSA) is 55.4 Å². The first-order valence-electron chi connectivity index (χ1n) is 6.40. The Morgan fingerprint density at radius 3 is 2.29 bits per heavy atom. The predicted octanol–water partition coefficient (Wildman–Crippen LogP) is 2.95. The average molecular weight is 309 g/mol. The number of halogens is 1. The van der Waals surface area contributed by atoms with E-state index in [2.05, 4.69) is 4.72 Å². The van der Waals surface area contributed by atoms with E-state index in [1.54, 1.807) is 12.1 Å². The van der Waals surface area contributed by atoms with E-state index in [9.17, 15) is 12.8 Å². The Morgan fingerprint density at radius 2 is 1.67 bits per heavy atom. The lowest BCUT2D eigenvalue weighted by atomic mass is 10.2. The summed E-state index contributed by atoms with van der Waals surface area (Å²) in [7, 11) is -3.47. The van der Waals surface area contributed by atoms with Gasteiger partial charge in [0.25, 0.3) is 0 Å². The summed E-state index contributed by atoms with van der Waals surface area (Å²) in [5, 5.41) is 0. The fourth-order valence-electron chi connectivity index (χ4n) is 1.65. The molecule has 2 aromatic carbocycles. The molecule has 0 atom stereocenters. The zero-order valence-corrected chi connectivity index (χ0v) is 12.4. The molecule has 0 saturated heterocycles. The van der Waals surface area contributed by atoms with Crippen molar-refractivity contribution in [2.24, 2.45) is 0 Å². The highest BCUT2D eigenvalue weighted by Crippen LogP contribution is 2.13. The van der Waals surface area contributed by atoms with E-state index in [-0.39, 0.29) is 18.2 Å². The van der Waals surface area contributed by atoms with Crippen LogP contribution in [0.1, 0.15) is 5.56 Å². The van der Waals surface area contributed by atoms with Gasteiger partial charge in [0.1, 0.15) is 23.9 Å². The second-order valence-electron chi connectivity index (χ2n) is 4.59. The van der Waals surface area contributed by atoms with Gasteiger partial charge in [-0.15, -0.1) is 0 Å². The van der Waals surface area contributed by atoms with Crippen LogP contribution in [0, 0.1) is 12.7 Å². The molecule has 0 aliphatic rings. The molecule has 0 unspecified atom stereocenters. The number of nitrogens with one attached hydrogen (secondary N) is 1. The minimum atomic E-state index is -3.47. The summed E-state index contributed by atoms with van der Waals surface area (Å²) >= 11 is 0. The van der Waals surface area contributed by atoms with Gasteiger partial charge in [0, 0.05) is 5.69 Å². The molecule has 6 heteroatoms. The van der Waals surface area contributed by atoms with E-state index in [0.717, 1.165) is 5.56 Å². The molecule has 2 aromatic rings. The molecular formula is C15H16FNO3S. The molecule has 0 amide bonds. The third kappa shape index (κ3) is 5.07. The van der Waals surface area contributed by atoms with Crippen LogP contribution >= 0.6 is 0 Å². The lowest BCUT2D eigenvalue weighted by Crippen LogP contribution is -2.21. The van der Waals surface area contributed by atoms with E-state index >= 15 is 0 Å². The van der Waals surface area contributed by atoms with Crippen molar-refractivity contribution in [1.29, 1.82) is 0 Å². The van der Waals surface area contributed by atoms with Crippen LogP contribution < -0.4 is 9.46 Å². The molecule has 0 saturated carbocycles. The molecule has 0 aliphatic carbocycles. The molecule has 112 valence electrons. The largest absolute Gasteiger partial charge is 0.492 e. The van der Waals surface area contributed by atoms with Gasteiger partial charge >= 0.3 is 0 Å². The lowest BCUT2D eigenvalue weighted by molar-refractivity contribution is 0.340. The van der Waals surface area contributed by atoms with Crippen molar-refractivity contribution in [2.45, 2.75) is 6.92 Å². The standard InChI is InChI=1S/C15H16FNO3S/c1-12-2-6-14(7-3-12)17-21(18,19)11-10-20-15-8-4-13(16)5-9-15/h2-9,17H,10-11H2,1H3. The summed E-state index contributed by atoms with van der Waals surface area (Å²) < 4.78 is 44.2. The van der Waals surface area contributed by atoms with Gasteiger partial charge in [0.05, 0.1) is 0 Å². The molecule has 21 heavy (non-hydrogen) atoms. The van der Waals surface area contributed by atoms with Gasteiger partial charge in [-0.05, 0) is 43.3 Å². The van der Waals surface area contributed by atoms with E-state index in [1.165, 1.54) is 24.3 Å². The molecule has 0 aromatic heterocycles. The molecule has 0 radical (unpaired) electrons. The highest BCUT2D eigenvalue weighted by molar-refractivity contribution is 7.92. The number of benzene rings is 2. The molecule has 0 heterocycles. The maximum absolute atomic E-state index is 12.7. The second kappa shape index (κ2) is 6.58. The van der Waals surface area contributed by atoms with Crippen molar-refractivity contribution >= 4 is 15.7 Å². The maximum Gasteiger partial charge on any atom is 0.236 e. The Kier molecular flexibility index (Phi) is 4.80. The molecule has 1 N–H and O–H groups in total. The van der Waals surface area contributed by atoms with Crippen molar-refractivity contribution in [3.05, 3.63) is 59.9 Å². The summed E-state index contributed by atoms with van der Waals surface area (Å²) in [6, 6.07) is 12.5. The SMILES string of the molecule is Cc1ccc(NS(=O)(=O)CCOc2ccc(F)cc2)cc1. The van der Waals surface area contributed by atoms with Crippen molar-refractivity contribution in [2.75, 3.05) is 17.1 Å². The van der Waals surface area contributed by atoms with Crippen LogP contribution in [0.25, 0.3) is 0 Å². The van der Waals surface area contributed by atoms with Gasteiger partial charge in [-0.25, -0.2) is 12.8 Å². The fourth-order valence-corrected chi connectivity index (χ4v) is 2.55. The first kappa shape index (κ1) is 15.3. The van der Waals surface area contributed by atoms with Crippen LogP contribution in [0.2, 0.25) is 0 Å². The van der Waals surface area contributed by atoms with Gasteiger partial charge in [0.2, 0.25) is 10.0 Å². The molecule has 4 nitrogen and oxygen atoms in total. The molecule has 2 rings (SSSR count). The lowest BCUT2D eigenvalue weighted by Gasteiger charge is -2.09. The van der Waals surface area contributed by atoms with Crippen molar-refractivity contribution in [3.63, 3.8) is 0 Å². The molecule has 0 fully saturated rings. The van der Waals surface area contributed by atoms with E-state index < -0.39 is 10.0 Å². The molecule has 0 bridgehead atoms. The summed E-state index contributed by atoms with van der Waals surface area (Å²) in [5.74, 6) is -0.115. The monoisotopic (exact) mass is 309 g/mol. The summed E-state index contributed by atoms with van der Waals surface area (Å²) in [5.41, 5.74) is 1.57. The zero-order valence-electron chi connectivity index (χ0n) is 11.5. The van der Waals surface area contributed by atoms with E-state index in [0.29, 0.717) is 11.4 Å². The summed E-state index contributed by atoms with van der Waals surface area (Å²) in [6.45, 7) is 1.92. The van der Waals surface area contributed by atoms with Crippen LogP contribution in [-0.4, -0.2) is 20.8 Å². The van der Waals surface area contributed by atoms with Gasteiger partial charge in [-0.1, -0.05) is 17.7 Å². The third-order valence-corrected chi connectivity index (χ3v) is 4.01. The van der Waals surface area contributed by atoms with Crippen LogP contribution in [0.4, 0.5) is 10.1 Å². The predicted molar refractivity (Wildman–Crippen MR) is 80.5 cm³/mol. The first-order valence-corrected chi connectivity index (χ1v) is 8.05. The molecular weight excluding hydrogens is 293 g/mol. The van der Waals surface area contributed by atoms with Gasteiger partial charge in [0.15, 0.2) is 0 Å². The Hall–Kier alpha value is -2.08. The highest BCUT2D eigenvalue weighted by Gasteiger charge is 2.10. The average Bonchev–Trinajstić information content (AvgIpc) is 2.43. The van der Waals surface area contributed by atoms with Crippen molar-refractivity contribution in [3.8, 4) is 5.75 Å². The Morgan fingerprint density at radius 1 is 1.05 bits per heavy atom. The minimum absolute atomic E-state index is 0.00712. The Bertz CT molecular complexity index is 682. The third-order valence-electron chi connectivity index (χ3n) is 2.76. The number of rotatable bonds is 6. The van der Waals surface area contributed by atoms with E-state index in [1.807, 2.05) is 19.1 Å². The normalized spacial score (nSPS) is 11.1. The minimum Gasteiger partial charge on any atom is -0.492 e. The number of hydrogen-bond acceptors (Lipinski definition) is 3. The maximum atomic E-state index is 12.7. The summed E-state index contributed by atoms with van der Waals surface area (Å²) in [4.78, 5) is 0. The van der Waals surface area contributed by atoms with Gasteiger partial charge < -0.3 is 4.74 Å². The van der Waals surface area contributed by atoms with Gasteiger partial charge in [-0.2, -0.15) is 0 Å². The molecule has 0 spiro atoms. The first-order chi connectivity index (χ1) is 9.94. The van der Waals surface area contributed by atoms with Gasteiger partial charge in [-0.3, -0.25) is 4.72 Å². The number of aryl methyl sites for hydroxylation is 1. The fraction of sp³-hybridized carbons (Fsp3) is 0.200. The zero-order chi connectivity index (χ0) is 15.3. The quantitative estimate of drug-likeness (QED) is 0.892. The number of ether oxygens (including phenoxy) is 1. The Labute approximate surface area is 123 Å². The number of hydrogen-bond donors (Lipinski definition) is 1. The van der Waals surface area contributed by atoms with Crippen LogP contribution in [0.5, 0.6) is 5.75 Å². The van der Waals surface area contributed by atoms with Crippen molar-refractivity contribution < 1.29 is 17.5 Å². The highest BCUT2D eigenvalue weighted by atomic mass is 32.2. The number of sulfonamides is 1.